The van der Waals surface area contributed by atoms with Gasteiger partial charge in [-0.3, -0.25) is 0 Å². The van der Waals surface area contributed by atoms with Crippen LogP contribution < -0.4 is 10.5 Å². The van der Waals surface area contributed by atoms with Crippen molar-refractivity contribution in [3.05, 3.63) is 35.4 Å². The van der Waals surface area contributed by atoms with Crippen molar-refractivity contribution in [1.29, 1.82) is 0 Å². The van der Waals surface area contributed by atoms with Gasteiger partial charge in [0.1, 0.15) is 0 Å². The molecule has 0 aliphatic carbocycles. The van der Waals surface area contributed by atoms with E-state index in [0.717, 1.165) is 17.5 Å². The number of unbranched alkanes of at least 4 members (excludes halogenated alkanes) is 1. The van der Waals surface area contributed by atoms with Crippen LogP contribution in [-0.2, 0) is 10.0 Å². The average molecular weight is 270 g/mol. The van der Waals surface area contributed by atoms with E-state index in [1.165, 1.54) is 0 Å². The maximum atomic E-state index is 11.8. The topological polar surface area (TPSA) is 72.2 Å². The van der Waals surface area contributed by atoms with E-state index in [2.05, 4.69) is 4.72 Å². The van der Waals surface area contributed by atoms with Crippen molar-refractivity contribution in [3.8, 4) is 0 Å². The first-order valence-corrected chi connectivity index (χ1v) is 7.87. The molecule has 0 aromatic heterocycles. The van der Waals surface area contributed by atoms with E-state index in [1.807, 2.05) is 38.1 Å². The summed E-state index contributed by atoms with van der Waals surface area (Å²) in [5.41, 5.74) is 7.46. The lowest BCUT2D eigenvalue weighted by atomic mass is 10.0. The van der Waals surface area contributed by atoms with Crippen molar-refractivity contribution in [3.63, 3.8) is 0 Å². The van der Waals surface area contributed by atoms with Crippen LogP contribution in [0.3, 0.4) is 0 Å². The van der Waals surface area contributed by atoms with Crippen molar-refractivity contribution in [2.75, 3.05) is 12.3 Å². The number of benzene rings is 1. The molecule has 1 rings (SSSR count). The van der Waals surface area contributed by atoms with E-state index in [9.17, 15) is 8.42 Å². The first-order chi connectivity index (χ1) is 8.46. The number of hydrogen-bond acceptors (Lipinski definition) is 3. The lowest BCUT2D eigenvalue weighted by molar-refractivity contribution is 0.562. The van der Waals surface area contributed by atoms with E-state index >= 15 is 0 Å². The van der Waals surface area contributed by atoms with Crippen molar-refractivity contribution >= 4 is 10.0 Å². The molecule has 1 aromatic carbocycles. The Kier molecular flexibility index (Phi) is 5.78. The number of aryl methyl sites for hydroxylation is 1. The first kappa shape index (κ1) is 15.1. The van der Waals surface area contributed by atoms with Crippen molar-refractivity contribution in [2.45, 2.75) is 32.7 Å². The zero-order valence-electron chi connectivity index (χ0n) is 11.0. The minimum atomic E-state index is -3.22. The van der Waals surface area contributed by atoms with Gasteiger partial charge in [-0.15, -0.1) is 0 Å². The average Bonchev–Trinajstić information content (AvgIpc) is 2.29. The molecule has 0 radical (unpaired) electrons. The summed E-state index contributed by atoms with van der Waals surface area (Å²) in [6.07, 6.45) is 1.34. The molecule has 18 heavy (non-hydrogen) atoms. The zero-order chi connectivity index (χ0) is 13.6. The molecular weight excluding hydrogens is 248 g/mol. The summed E-state index contributed by atoms with van der Waals surface area (Å²) in [6.45, 7) is 4.38. The molecule has 0 aliphatic rings. The highest BCUT2D eigenvalue weighted by atomic mass is 32.2. The standard InChI is InChI=1S/C13H22N2O2S/c1-11-7-3-4-8-13(11)12(2)15-18(16,17)10-6-5-9-14/h3-4,7-8,12,15H,5-6,9-10,14H2,1-2H3. The smallest absolute Gasteiger partial charge is 0.212 e. The summed E-state index contributed by atoms with van der Waals surface area (Å²) in [5.74, 6) is 0.139. The quantitative estimate of drug-likeness (QED) is 0.741. The SMILES string of the molecule is Cc1ccccc1C(C)NS(=O)(=O)CCCCN. The molecule has 0 heterocycles. The van der Waals surface area contributed by atoms with Gasteiger partial charge in [0.05, 0.1) is 5.75 Å². The van der Waals surface area contributed by atoms with Crippen LogP contribution >= 0.6 is 0 Å². The van der Waals surface area contributed by atoms with Gasteiger partial charge < -0.3 is 5.73 Å². The van der Waals surface area contributed by atoms with Gasteiger partial charge >= 0.3 is 0 Å². The second-order valence-electron chi connectivity index (χ2n) is 4.51. The molecule has 0 spiro atoms. The molecule has 1 atom stereocenters. The van der Waals surface area contributed by atoms with Crippen LogP contribution in [0, 0.1) is 6.92 Å². The third-order valence-corrected chi connectivity index (χ3v) is 4.42. The van der Waals surface area contributed by atoms with E-state index in [0.29, 0.717) is 13.0 Å². The summed E-state index contributed by atoms with van der Waals surface area (Å²) in [7, 11) is -3.22. The number of rotatable bonds is 7. The lowest BCUT2D eigenvalue weighted by Gasteiger charge is -2.16. The number of sulfonamides is 1. The van der Waals surface area contributed by atoms with Crippen molar-refractivity contribution in [2.24, 2.45) is 5.73 Å². The molecule has 0 bridgehead atoms. The third-order valence-electron chi connectivity index (χ3n) is 2.88. The van der Waals surface area contributed by atoms with Crippen LogP contribution in [0.4, 0.5) is 0 Å². The Hall–Kier alpha value is -0.910. The molecule has 102 valence electrons. The molecule has 3 N–H and O–H groups in total. The Bertz CT molecular complexity index is 472. The fraction of sp³-hybridized carbons (Fsp3) is 0.538. The summed E-state index contributed by atoms with van der Waals surface area (Å²) < 4.78 is 26.4. The lowest BCUT2D eigenvalue weighted by Crippen LogP contribution is -2.29. The van der Waals surface area contributed by atoms with Crippen LogP contribution in [0.15, 0.2) is 24.3 Å². The van der Waals surface area contributed by atoms with Crippen LogP contribution in [-0.4, -0.2) is 20.7 Å². The Morgan fingerprint density at radius 2 is 1.94 bits per heavy atom. The summed E-state index contributed by atoms with van der Waals surface area (Å²) in [6, 6.07) is 7.59. The van der Waals surface area contributed by atoms with Gasteiger partial charge in [-0.2, -0.15) is 0 Å². The molecule has 4 nitrogen and oxygen atoms in total. The third kappa shape index (κ3) is 4.76. The predicted molar refractivity (Wildman–Crippen MR) is 74.8 cm³/mol. The number of nitrogens with one attached hydrogen (secondary N) is 1. The fourth-order valence-corrected chi connectivity index (χ4v) is 3.27. The predicted octanol–water partition coefficient (Wildman–Crippen LogP) is 1.71. The van der Waals surface area contributed by atoms with E-state index in [4.69, 9.17) is 5.73 Å². The van der Waals surface area contributed by atoms with Gasteiger partial charge in [0, 0.05) is 6.04 Å². The maximum Gasteiger partial charge on any atom is 0.212 e. The van der Waals surface area contributed by atoms with Crippen LogP contribution in [0.1, 0.15) is 36.9 Å². The van der Waals surface area contributed by atoms with Gasteiger partial charge in [0.25, 0.3) is 0 Å². The molecule has 0 saturated carbocycles. The van der Waals surface area contributed by atoms with Gasteiger partial charge in [-0.25, -0.2) is 13.1 Å². The second kappa shape index (κ2) is 6.87. The molecule has 0 aliphatic heterocycles. The van der Waals surface area contributed by atoms with Crippen LogP contribution in [0.25, 0.3) is 0 Å². The van der Waals surface area contributed by atoms with Gasteiger partial charge in [-0.05, 0) is 44.4 Å². The van der Waals surface area contributed by atoms with Crippen LogP contribution in [0.2, 0.25) is 0 Å². The molecule has 5 heteroatoms. The second-order valence-corrected chi connectivity index (χ2v) is 6.38. The summed E-state index contributed by atoms with van der Waals surface area (Å²) in [5, 5.41) is 0. The van der Waals surface area contributed by atoms with Gasteiger partial charge in [0.2, 0.25) is 10.0 Å². The van der Waals surface area contributed by atoms with E-state index < -0.39 is 10.0 Å². The summed E-state index contributed by atoms with van der Waals surface area (Å²) >= 11 is 0. The molecule has 1 unspecified atom stereocenters. The Labute approximate surface area is 110 Å². The molecule has 0 saturated heterocycles. The highest BCUT2D eigenvalue weighted by molar-refractivity contribution is 7.89. The Morgan fingerprint density at radius 3 is 2.56 bits per heavy atom. The Balaban J connectivity index is 2.64. The highest BCUT2D eigenvalue weighted by Crippen LogP contribution is 2.17. The van der Waals surface area contributed by atoms with Crippen molar-refractivity contribution < 1.29 is 8.42 Å². The largest absolute Gasteiger partial charge is 0.330 e. The minimum Gasteiger partial charge on any atom is -0.330 e. The highest BCUT2D eigenvalue weighted by Gasteiger charge is 2.16. The fourth-order valence-electron chi connectivity index (χ4n) is 1.90. The zero-order valence-corrected chi connectivity index (χ0v) is 11.8. The van der Waals surface area contributed by atoms with Crippen molar-refractivity contribution in [1.82, 2.24) is 4.72 Å². The molecule has 0 amide bonds. The van der Waals surface area contributed by atoms with E-state index in [1.54, 1.807) is 0 Å². The minimum absolute atomic E-state index is 0.139. The molecule has 1 aromatic rings. The van der Waals surface area contributed by atoms with Crippen LogP contribution in [0.5, 0.6) is 0 Å². The maximum absolute atomic E-state index is 11.8. The molecular formula is C13H22N2O2S. The van der Waals surface area contributed by atoms with Gasteiger partial charge in [0.15, 0.2) is 0 Å². The van der Waals surface area contributed by atoms with Gasteiger partial charge in [-0.1, -0.05) is 24.3 Å². The van der Waals surface area contributed by atoms with E-state index in [-0.39, 0.29) is 11.8 Å². The first-order valence-electron chi connectivity index (χ1n) is 6.22. The number of hydrogen-bond donors (Lipinski definition) is 2. The Morgan fingerprint density at radius 1 is 1.28 bits per heavy atom. The monoisotopic (exact) mass is 270 g/mol. The number of nitrogens with two attached hydrogens (primary N) is 1. The normalized spacial score (nSPS) is 13.5. The summed E-state index contributed by atoms with van der Waals surface area (Å²) in [4.78, 5) is 0. The molecule has 0 fully saturated rings.